The Morgan fingerprint density at radius 3 is 2.75 bits per heavy atom. The number of carbonyl (C=O) groups is 2. The smallest absolute Gasteiger partial charge is 0.339 e. The van der Waals surface area contributed by atoms with Gasteiger partial charge in [0, 0.05) is 6.08 Å². The van der Waals surface area contributed by atoms with E-state index in [0.29, 0.717) is 0 Å². The zero-order valence-corrected chi connectivity index (χ0v) is 6.23. The van der Waals surface area contributed by atoms with Gasteiger partial charge in [0.15, 0.2) is 0 Å². The van der Waals surface area contributed by atoms with E-state index in [1.165, 1.54) is 6.08 Å². The van der Waals surface area contributed by atoms with Gasteiger partial charge in [-0.3, -0.25) is 4.79 Å². The van der Waals surface area contributed by atoms with E-state index in [9.17, 15) is 9.59 Å². The van der Waals surface area contributed by atoms with Gasteiger partial charge in [-0.05, 0) is 0 Å². The van der Waals surface area contributed by atoms with E-state index in [4.69, 9.17) is 5.11 Å². The van der Waals surface area contributed by atoms with Crippen LogP contribution in [0.4, 0.5) is 4.79 Å². The standard InChI is InChI=1S/C6H9N3O3/c7-6(12)9-4-8-5(11)2-1-3-10/h1-2,4,10H,3H2,(H3,7,8,9,11,12). The van der Waals surface area contributed by atoms with Crippen LogP contribution in [0.15, 0.2) is 17.1 Å². The maximum absolute atomic E-state index is 10.6. The van der Waals surface area contributed by atoms with E-state index in [1.807, 2.05) is 0 Å². The molecule has 6 heteroatoms. The van der Waals surface area contributed by atoms with Crippen molar-refractivity contribution < 1.29 is 14.7 Å². The van der Waals surface area contributed by atoms with E-state index >= 15 is 0 Å². The van der Waals surface area contributed by atoms with Crippen molar-refractivity contribution in [2.75, 3.05) is 6.61 Å². The van der Waals surface area contributed by atoms with E-state index < -0.39 is 11.9 Å². The predicted molar refractivity (Wildman–Crippen MR) is 42.4 cm³/mol. The Balaban J connectivity index is 3.71. The first-order chi connectivity index (χ1) is 5.66. The molecule has 0 aromatic rings. The number of aliphatic imine (C=N–C) groups is 1. The van der Waals surface area contributed by atoms with Crippen LogP contribution in [0.2, 0.25) is 0 Å². The maximum atomic E-state index is 10.6. The molecule has 0 atom stereocenters. The molecule has 0 spiro atoms. The molecule has 0 saturated carbocycles. The molecule has 0 aliphatic carbocycles. The zero-order chi connectivity index (χ0) is 9.40. The number of nitrogens with one attached hydrogen (secondary N) is 1. The monoisotopic (exact) mass is 171 g/mol. The Bertz CT molecular complexity index is 222. The van der Waals surface area contributed by atoms with E-state index in [0.717, 1.165) is 12.4 Å². The number of urea groups is 1. The quantitative estimate of drug-likeness (QED) is 0.281. The number of hydrogen-bond acceptors (Lipinski definition) is 3. The summed E-state index contributed by atoms with van der Waals surface area (Å²) in [4.78, 5) is 23.7. The van der Waals surface area contributed by atoms with Crippen molar-refractivity contribution in [3.63, 3.8) is 0 Å². The second kappa shape index (κ2) is 6.05. The number of nitrogens with zero attached hydrogens (tertiary/aromatic N) is 1. The molecule has 0 rings (SSSR count). The molecule has 0 aliphatic rings. The Morgan fingerprint density at radius 1 is 1.58 bits per heavy atom. The van der Waals surface area contributed by atoms with Gasteiger partial charge >= 0.3 is 6.03 Å². The average Bonchev–Trinajstić information content (AvgIpc) is 2.00. The first-order valence-electron chi connectivity index (χ1n) is 3.06. The van der Waals surface area contributed by atoms with Gasteiger partial charge in [0.2, 0.25) is 5.91 Å². The van der Waals surface area contributed by atoms with E-state index in [-0.39, 0.29) is 6.61 Å². The van der Waals surface area contributed by atoms with Crippen molar-refractivity contribution in [3.05, 3.63) is 12.2 Å². The highest BCUT2D eigenvalue weighted by atomic mass is 16.2. The van der Waals surface area contributed by atoms with Crippen LogP contribution in [0.3, 0.4) is 0 Å². The number of carbonyl (C=O) groups excluding carboxylic acids is 2. The number of nitrogens with two attached hydrogens (primary N) is 1. The summed E-state index contributed by atoms with van der Waals surface area (Å²) in [5, 5.41) is 10.4. The molecule has 66 valence electrons. The van der Waals surface area contributed by atoms with Crippen molar-refractivity contribution in [2.45, 2.75) is 0 Å². The molecule has 0 saturated heterocycles. The van der Waals surface area contributed by atoms with Gasteiger partial charge in [-0.2, -0.15) is 4.99 Å². The molecule has 0 radical (unpaired) electrons. The van der Waals surface area contributed by atoms with Gasteiger partial charge in [-0.1, -0.05) is 6.08 Å². The lowest BCUT2D eigenvalue weighted by Gasteiger charge is -1.89. The van der Waals surface area contributed by atoms with E-state index in [2.05, 4.69) is 16.0 Å². The summed E-state index contributed by atoms with van der Waals surface area (Å²) in [6, 6.07) is -0.888. The molecule has 0 aromatic carbocycles. The summed E-state index contributed by atoms with van der Waals surface area (Å²) < 4.78 is 0. The molecule has 6 nitrogen and oxygen atoms in total. The van der Waals surface area contributed by atoms with Crippen molar-refractivity contribution in [3.8, 4) is 0 Å². The summed E-state index contributed by atoms with van der Waals surface area (Å²) >= 11 is 0. The van der Waals surface area contributed by atoms with Crippen LogP contribution < -0.4 is 11.1 Å². The third kappa shape index (κ3) is 6.43. The van der Waals surface area contributed by atoms with Gasteiger partial charge in [0.25, 0.3) is 0 Å². The van der Waals surface area contributed by atoms with Gasteiger partial charge < -0.3 is 16.2 Å². The number of aliphatic hydroxyl groups excluding tert-OH is 1. The molecular formula is C6H9N3O3. The van der Waals surface area contributed by atoms with Crippen LogP contribution in [-0.2, 0) is 4.79 Å². The average molecular weight is 171 g/mol. The Kier molecular flexibility index (Phi) is 5.20. The summed E-state index contributed by atoms with van der Waals surface area (Å²) in [5.74, 6) is -0.492. The summed E-state index contributed by atoms with van der Waals surface area (Å²) in [6.07, 6.45) is 3.23. The summed E-state index contributed by atoms with van der Waals surface area (Å²) in [7, 11) is 0. The van der Waals surface area contributed by atoms with Crippen LogP contribution >= 0.6 is 0 Å². The second-order valence-electron chi connectivity index (χ2n) is 1.69. The topological polar surface area (TPSA) is 105 Å². The number of aliphatic hydroxyl groups is 1. The highest BCUT2D eigenvalue weighted by Gasteiger charge is 1.89. The van der Waals surface area contributed by atoms with Crippen molar-refractivity contribution in [1.29, 1.82) is 0 Å². The fourth-order valence-corrected chi connectivity index (χ4v) is 0.367. The SMILES string of the molecule is NC(=O)N=CNC(=O)C=CCO. The fraction of sp³-hybridized carbons (Fsp3) is 0.167. The molecule has 0 aliphatic heterocycles. The third-order valence-electron chi connectivity index (χ3n) is 0.773. The van der Waals surface area contributed by atoms with Crippen molar-refractivity contribution >= 4 is 18.3 Å². The fourth-order valence-electron chi connectivity index (χ4n) is 0.367. The minimum Gasteiger partial charge on any atom is -0.392 e. The highest BCUT2D eigenvalue weighted by Crippen LogP contribution is 1.70. The molecular weight excluding hydrogens is 162 g/mol. The lowest BCUT2D eigenvalue weighted by atomic mass is 10.5. The van der Waals surface area contributed by atoms with Crippen molar-refractivity contribution in [2.24, 2.45) is 10.7 Å². The highest BCUT2D eigenvalue weighted by molar-refractivity contribution is 5.97. The van der Waals surface area contributed by atoms with Gasteiger partial charge in [0.1, 0.15) is 6.34 Å². The minimum absolute atomic E-state index is 0.222. The summed E-state index contributed by atoms with van der Waals surface area (Å²) in [5.41, 5.74) is 4.63. The molecule has 0 unspecified atom stereocenters. The largest absolute Gasteiger partial charge is 0.392 e. The lowest BCUT2D eigenvalue weighted by Crippen LogP contribution is -2.20. The molecule has 0 fully saturated rings. The number of rotatable bonds is 3. The van der Waals surface area contributed by atoms with E-state index in [1.54, 1.807) is 0 Å². The molecule has 0 bridgehead atoms. The minimum atomic E-state index is -0.888. The van der Waals surface area contributed by atoms with Gasteiger partial charge in [-0.15, -0.1) is 0 Å². The third-order valence-corrected chi connectivity index (χ3v) is 0.773. The Labute approximate surface area is 68.8 Å². The maximum Gasteiger partial charge on any atom is 0.339 e. The first-order valence-corrected chi connectivity index (χ1v) is 3.06. The number of amides is 3. The number of hydrogen-bond donors (Lipinski definition) is 3. The summed E-state index contributed by atoms with van der Waals surface area (Å²) in [6.45, 7) is -0.222. The second-order valence-corrected chi connectivity index (χ2v) is 1.69. The first kappa shape index (κ1) is 10.3. The molecule has 0 aromatic heterocycles. The Hall–Kier alpha value is -1.69. The van der Waals surface area contributed by atoms with Gasteiger partial charge in [0.05, 0.1) is 6.61 Å². The van der Waals surface area contributed by atoms with Crippen LogP contribution in [0, 0.1) is 0 Å². The predicted octanol–water partition coefficient (Wildman–Crippen LogP) is -1.24. The molecule has 12 heavy (non-hydrogen) atoms. The number of primary amides is 1. The Morgan fingerprint density at radius 2 is 2.25 bits per heavy atom. The van der Waals surface area contributed by atoms with Crippen LogP contribution in [0.25, 0.3) is 0 Å². The zero-order valence-electron chi connectivity index (χ0n) is 6.23. The molecule has 0 heterocycles. The van der Waals surface area contributed by atoms with Crippen LogP contribution in [-0.4, -0.2) is 30.0 Å². The van der Waals surface area contributed by atoms with Crippen molar-refractivity contribution in [1.82, 2.24) is 5.32 Å². The van der Waals surface area contributed by atoms with Crippen LogP contribution in [0.5, 0.6) is 0 Å². The molecule has 3 amide bonds. The molecule has 4 N–H and O–H groups in total. The van der Waals surface area contributed by atoms with Gasteiger partial charge in [-0.25, -0.2) is 4.79 Å². The normalized spacial score (nSPS) is 10.8. The lowest BCUT2D eigenvalue weighted by molar-refractivity contribution is -0.115. The van der Waals surface area contributed by atoms with Crippen LogP contribution in [0.1, 0.15) is 0 Å².